The lowest BCUT2D eigenvalue weighted by molar-refractivity contribution is 0.327. The molecule has 102 valence electrons. The van der Waals surface area contributed by atoms with Crippen LogP contribution in [-0.4, -0.2) is 16.6 Å². The average molecular weight is 277 g/mol. The van der Waals surface area contributed by atoms with E-state index < -0.39 is 0 Å². The highest BCUT2D eigenvalue weighted by Crippen LogP contribution is 2.27. The minimum absolute atomic E-state index is 0.190. The molecule has 0 fully saturated rings. The molecule has 2 heterocycles. The number of nitrogens with zero attached hydrogens (tertiary/aromatic N) is 2. The van der Waals surface area contributed by atoms with Gasteiger partial charge in [-0.15, -0.1) is 11.3 Å². The zero-order valence-electron chi connectivity index (χ0n) is 11.7. The highest BCUT2D eigenvalue weighted by Gasteiger charge is 2.13. The molecule has 0 aromatic carbocycles. The van der Waals surface area contributed by atoms with Crippen LogP contribution in [0.25, 0.3) is 0 Å². The Bertz CT molecular complexity index is 553. The summed E-state index contributed by atoms with van der Waals surface area (Å²) in [5.74, 6) is 1.47. The Morgan fingerprint density at radius 3 is 2.74 bits per heavy atom. The molecule has 0 aliphatic rings. The first-order valence-corrected chi connectivity index (χ1v) is 7.22. The van der Waals surface area contributed by atoms with E-state index in [1.165, 1.54) is 4.88 Å². The normalized spacial score (nSPS) is 12.2. The molecule has 0 saturated carbocycles. The number of rotatable bonds is 5. The minimum atomic E-state index is 0.190. The summed E-state index contributed by atoms with van der Waals surface area (Å²) in [6, 6.07) is 5.94. The number of aryl methyl sites for hydroxylation is 2. The molecule has 1 unspecified atom stereocenters. The van der Waals surface area contributed by atoms with E-state index in [9.17, 15) is 0 Å². The molecule has 19 heavy (non-hydrogen) atoms. The fourth-order valence-corrected chi connectivity index (χ4v) is 2.89. The molecular weight excluding hydrogens is 258 g/mol. The SMILES string of the molecule is CCOc1cccc(NC(C)c2sc(C)nc2C)n1. The molecule has 1 N–H and O–H groups in total. The second kappa shape index (κ2) is 6.02. The smallest absolute Gasteiger partial charge is 0.215 e. The summed E-state index contributed by atoms with van der Waals surface area (Å²) in [5, 5.41) is 4.49. The Kier molecular flexibility index (Phi) is 4.37. The number of thiazole rings is 1. The summed E-state index contributed by atoms with van der Waals surface area (Å²) < 4.78 is 5.40. The van der Waals surface area contributed by atoms with Crippen LogP contribution in [0, 0.1) is 13.8 Å². The first-order chi connectivity index (χ1) is 9.10. The van der Waals surface area contributed by atoms with Gasteiger partial charge in [-0.2, -0.15) is 4.98 Å². The summed E-state index contributed by atoms with van der Waals surface area (Å²) in [6.45, 7) is 8.77. The van der Waals surface area contributed by atoms with Crippen LogP contribution in [0.2, 0.25) is 0 Å². The van der Waals surface area contributed by atoms with Crippen molar-refractivity contribution in [2.75, 3.05) is 11.9 Å². The van der Waals surface area contributed by atoms with Crippen LogP contribution in [-0.2, 0) is 0 Å². The van der Waals surface area contributed by atoms with E-state index in [2.05, 4.69) is 22.2 Å². The van der Waals surface area contributed by atoms with E-state index in [0.29, 0.717) is 12.5 Å². The van der Waals surface area contributed by atoms with Crippen LogP contribution in [0.15, 0.2) is 18.2 Å². The maximum absolute atomic E-state index is 5.40. The van der Waals surface area contributed by atoms with Crippen LogP contribution >= 0.6 is 11.3 Å². The topological polar surface area (TPSA) is 47.0 Å². The lowest BCUT2D eigenvalue weighted by atomic mass is 10.2. The average Bonchev–Trinajstić information content (AvgIpc) is 2.69. The fraction of sp³-hybridized carbons (Fsp3) is 0.429. The molecule has 0 saturated heterocycles. The molecular formula is C14H19N3OS. The van der Waals surface area contributed by atoms with Crippen molar-refractivity contribution in [1.82, 2.24) is 9.97 Å². The Morgan fingerprint density at radius 1 is 1.32 bits per heavy atom. The van der Waals surface area contributed by atoms with E-state index in [0.717, 1.165) is 16.5 Å². The summed E-state index contributed by atoms with van der Waals surface area (Å²) in [4.78, 5) is 10.1. The summed E-state index contributed by atoms with van der Waals surface area (Å²) in [6.07, 6.45) is 0. The molecule has 0 bridgehead atoms. The fourth-order valence-electron chi connectivity index (χ4n) is 1.96. The van der Waals surface area contributed by atoms with Gasteiger partial charge in [-0.05, 0) is 33.8 Å². The zero-order valence-corrected chi connectivity index (χ0v) is 12.5. The maximum atomic E-state index is 5.40. The summed E-state index contributed by atoms with van der Waals surface area (Å²) >= 11 is 1.72. The van der Waals surface area contributed by atoms with Gasteiger partial charge in [-0.25, -0.2) is 4.98 Å². The number of nitrogens with one attached hydrogen (secondary N) is 1. The van der Waals surface area contributed by atoms with Gasteiger partial charge in [0.05, 0.1) is 23.4 Å². The van der Waals surface area contributed by atoms with E-state index in [-0.39, 0.29) is 6.04 Å². The first kappa shape index (κ1) is 13.8. The highest BCUT2D eigenvalue weighted by molar-refractivity contribution is 7.11. The lowest BCUT2D eigenvalue weighted by Gasteiger charge is -2.14. The van der Waals surface area contributed by atoms with Gasteiger partial charge in [-0.1, -0.05) is 6.07 Å². The second-order valence-corrected chi connectivity index (χ2v) is 5.58. The van der Waals surface area contributed by atoms with Gasteiger partial charge in [-0.3, -0.25) is 0 Å². The van der Waals surface area contributed by atoms with Crippen molar-refractivity contribution in [3.8, 4) is 5.88 Å². The van der Waals surface area contributed by atoms with Crippen molar-refractivity contribution in [3.05, 3.63) is 33.8 Å². The van der Waals surface area contributed by atoms with Crippen molar-refractivity contribution in [2.45, 2.75) is 33.7 Å². The van der Waals surface area contributed by atoms with Crippen LogP contribution in [0.5, 0.6) is 5.88 Å². The second-order valence-electron chi connectivity index (χ2n) is 4.34. The Morgan fingerprint density at radius 2 is 2.11 bits per heavy atom. The number of pyridine rings is 1. The molecule has 0 amide bonds. The van der Waals surface area contributed by atoms with Gasteiger partial charge in [0.15, 0.2) is 0 Å². The van der Waals surface area contributed by atoms with Gasteiger partial charge < -0.3 is 10.1 Å². The first-order valence-electron chi connectivity index (χ1n) is 6.40. The van der Waals surface area contributed by atoms with Crippen molar-refractivity contribution >= 4 is 17.2 Å². The molecule has 1 atom stereocenters. The number of hydrogen-bond acceptors (Lipinski definition) is 5. The van der Waals surface area contributed by atoms with Crippen molar-refractivity contribution < 1.29 is 4.74 Å². The van der Waals surface area contributed by atoms with Crippen LogP contribution < -0.4 is 10.1 Å². The standard InChI is InChI=1S/C14H19N3OS/c1-5-18-13-8-6-7-12(17-13)16-10(3)14-9(2)15-11(4)19-14/h6-8,10H,5H2,1-4H3,(H,16,17). The van der Waals surface area contributed by atoms with Gasteiger partial charge in [0.25, 0.3) is 0 Å². The number of ether oxygens (including phenoxy) is 1. The van der Waals surface area contributed by atoms with Gasteiger partial charge in [0, 0.05) is 10.9 Å². The lowest BCUT2D eigenvalue weighted by Crippen LogP contribution is -2.08. The van der Waals surface area contributed by atoms with Gasteiger partial charge >= 0.3 is 0 Å². The molecule has 2 aromatic heterocycles. The van der Waals surface area contributed by atoms with Crippen molar-refractivity contribution in [1.29, 1.82) is 0 Å². The van der Waals surface area contributed by atoms with E-state index in [4.69, 9.17) is 4.74 Å². The van der Waals surface area contributed by atoms with Crippen molar-refractivity contribution in [2.24, 2.45) is 0 Å². The number of hydrogen-bond donors (Lipinski definition) is 1. The van der Waals surface area contributed by atoms with E-state index in [1.54, 1.807) is 11.3 Å². The van der Waals surface area contributed by atoms with Crippen LogP contribution in [0.4, 0.5) is 5.82 Å². The predicted molar refractivity (Wildman–Crippen MR) is 79.0 cm³/mol. The van der Waals surface area contributed by atoms with E-state index >= 15 is 0 Å². The largest absolute Gasteiger partial charge is 0.478 e. The van der Waals surface area contributed by atoms with Gasteiger partial charge in [0.2, 0.25) is 5.88 Å². The third-order valence-electron chi connectivity index (χ3n) is 2.71. The van der Waals surface area contributed by atoms with E-state index in [1.807, 2.05) is 39.0 Å². The molecule has 2 rings (SSSR count). The zero-order chi connectivity index (χ0) is 13.8. The Hall–Kier alpha value is -1.62. The molecule has 0 radical (unpaired) electrons. The third-order valence-corrected chi connectivity index (χ3v) is 3.97. The highest BCUT2D eigenvalue weighted by atomic mass is 32.1. The molecule has 0 aliphatic carbocycles. The molecule has 2 aromatic rings. The minimum Gasteiger partial charge on any atom is -0.478 e. The number of aromatic nitrogens is 2. The Labute approximate surface area is 117 Å². The van der Waals surface area contributed by atoms with Gasteiger partial charge in [0.1, 0.15) is 5.82 Å². The maximum Gasteiger partial charge on any atom is 0.215 e. The Balaban J connectivity index is 2.12. The monoisotopic (exact) mass is 277 g/mol. The quantitative estimate of drug-likeness (QED) is 0.904. The molecule has 4 nitrogen and oxygen atoms in total. The number of anilines is 1. The summed E-state index contributed by atoms with van der Waals surface area (Å²) in [7, 11) is 0. The third kappa shape index (κ3) is 3.44. The van der Waals surface area contributed by atoms with Crippen LogP contribution in [0.1, 0.15) is 35.5 Å². The molecule has 0 spiro atoms. The predicted octanol–water partition coefficient (Wildman–Crippen LogP) is 3.73. The summed E-state index contributed by atoms with van der Waals surface area (Å²) in [5.41, 5.74) is 1.09. The van der Waals surface area contributed by atoms with Crippen molar-refractivity contribution in [3.63, 3.8) is 0 Å². The molecule has 0 aliphatic heterocycles. The molecule has 5 heteroatoms. The van der Waals surface area contributed by atoms with Crippen LogP contribution in [0.3, 0.4) is 0 Å².